The number of imidazole rings is 1. The van der Waals surface area contributed by atoms with Crippen molar-refractivity contribution in [2.24, 2.45) is 0 Å². The van der Waals surface area contributed by atoms with E-state index in [1.165, 1.54) is 18.4 Å². The second-order valence-electron chi connectivity index (χ2n) is 9.83. The minimum atomic E-state index is -0.243. The molecule has 9 heteroatoms. The molecule has 3 aromatic heterocycles. The van der Waals surface area contributed by atoms with Crippen LogP contribution in [-0.4, -0.2) is 35.8 Å². The van der Waals surface area contributed by atoms with Gasteiger partial charge in [-0.15, -0.1) is 12.4 Å². The summed E-state index contributed by atoms with van der Waals surface area (Å²) < 4.78 is 2.16. The van der Waals surface area contributed by atoms with Crippen molar-refractivity contribution < 1.29 is 10.2 Å². The van der Waals surface area contributed by atoms with Gasteiger partial charge in [-0.3, -0.25) is 0 Å². The summed E-state index contributed by atoms with van der Waals surface area (Å²) in [5, 5.41) is 32.5. The number of nitrogens with zero attached hydrogens (tertiary/aromatic N) is 5. The minimum Gasteiger partial charge on any atom is -0.393 e. The van der Waals surface area contributed by atoms with Crippen LogP contribution in [0.15, 0.2) is 48.7 Å². The number of benzene rings is 1. The zero-order valence-corrected chi connectivity index (χ0v) is 21.2. The van der Waals surface area contributed by atoms with Crippen LogP contribution in [0.3, 0.4) is 0 Å². The number of hydrogen-bond acceptors (Lipinski definition) is 7. The standard InChI is InChI=1S/C28H28N6O2.ClH/c29-15-17-9-10-30-26(11-17)33-27-14-20(18-1-2-18)12-24(31-27)19-3-8-23-25(13-19)34(28(16-35)32-23)21-4-6-22(36)7-5-21;/h3,8-14,18,21-22,35-36H,1-2,4-7,16H2,(H,30,31,33);1H. The van der Waals surface area contributed by atoms with E-state index >= 15 is 0 Å². The summed E-state index contributed by atoms with van der Waals surface area (Å²) in [5.41, 5.74) is 5.45. The highest BCUT2D eigenvalue weighted by Crippen LogP contribution is 2.42. The van der Waals surface area contributed by atoms with Gasteiger partial charge in [0.25, 0.3) is 0 Å². The number of anilines is 2. The average molecular weight is 517 g/mol. The highest BCUT2D eigenvalue weighted by Gasteiger charge is 2.26. The maximum Gasteiger partial charge on any atom is 0.135 e. The van der Waals surface area contributed by atoms with Crippen molar-refractivity contribution >= 4 is 35.1 Å². The lowest BCUT2D eigenvalue weighted by Crippen LogP contribution is -2.22. The predicted molar refractivity (Wildman–Crippen MR) is 144 cm³/mol. The third kappa shape index (κ3) is 5.16. The summed E-state index contributed by atoms with van der Waals surface area (Å²) in [6.07, 6.45) is 6.96. The fourth-order valence-electron chi connectivity index (χ4n) is 5.25. The Hall–Kier alpha value is -3.51. The summed E-state index contributed by atoms with van der Waals surface area (Å²) >= 11 is 0. The zero-order valence-electron chi connectivity index (χ0n) is 20.3. The first-order chi connectivity index (χ1) is 17.6. The number of pyridine rings is 2. The molecule has 0 aliphatic heterocycles. The van der Waals surface area contributed by atoms with Gasteiger partial charge >= 0.3 is 0 Å². The lowest BCUT2D eigenvalue weighted by atomic mass is 9.92. The van der Waals surface area contributed by atoms with E-state index < -0.39 is 0 Å². The van der Waals surface area contributed by atoms with E-state index in [-0.39, 0.29) is 31.2 Å². The van der Waals surface area contributed by atoms with Gasteiger partial charge in [-0.1, -0.05) is 6.07 Å². The number of nitrogens with one attached hydrogen (secondary N) is 1. The molecule has 6 rings (SSSR count). The number of aromatic nitrogens is 4. The molecule has 4 aromatic rings. The van der Waals surface area contributed by atoms with Gasteiger partial charge in [0, 0.05) is 17.8 Å². The Labute approximate surface area is 221 Å². The summed E-state index contributed by atoms with van der Waals surface area (Å²) in [4.78, 5) is 13.9. The van der Waals surface area contributed by atoms with Crippen molar-refractivity contribution in [3.8, 4) is 17.3 Å². The van der Waals surface area contributed by atoms with Gasteiger partial charge in [0.2, 0.25) is 0 Å². The monoisotopic (exact) mass is 516 g/mol. The van der Waals surface area contributed by atoms with Crippen molar-refractivity contribution in [2.75, 3.05) is 5.32 Å². The van der Waals surface area contributed by atoms with Crippen molar-refractivity contribution in [3.63, 3.8) is 0 Å². The number of nitriles is 1. The maximum atomic E-state index is 10.0. The first kappa shape index (κ1) is 25.2. The molecule has 0 radical (unpaired) electrons. The molecule has 2 saturated carbocycles. The molecule has 0 amide bonds. The van der Waals surface area contributed by atoms with E-state index in [2.05, 4.69) is 44.1 Å². The van der Waals surface area contributed by atoms with E-state index in [0.717, 1.165) is 48.0 Å². The highest BCUT2D eigenvalue weighted by molar-refractivity contribution is 5.85. The molecule has 2 fully saturated rings. The number of fused-ring (bicyclic) bond motifs is 1. The van der Waals surface area contributed by atoms with Gasteiger partial charge in [-0.25, -0.2) is 15.0 Å². The Balaban J connectivity index is 0.00000280. The zero-order chi connectivity index (χ0) is 24.6. The van der Waals surface area contributed by atoms with Gasteiger partial charge in [0.15, 0.2) is 0 Å². The van der Waals surface area contributed by atoms with E-state index in [0.29, 0.717) is 28.9 Å². The largest absolute Gasteiger partial charge is 0.393 e. The van der Waals surface area contributed by atoms with Crippen molar-refractivity contribution in [2.45, 2.75) is 63.2 Å². The fourth-order valence-corrected chi connectivity index (χ4v) is 5.25. The van der Waals surface area contributed by atoms with Crippen LogP contribution in [0.5, 0.6) is 0 Å². The van der Waals surface area contributed by atoms with Gasteiger partial charge in [-0.05, 0) is 86.4 Å². The van der Waals surface area contributed by atoms with Crippen molar-refractivity contribution in [1.82, 2.24) is 19.5 Å². The number of aliphatic hydroxyl groups excluding tert-OH is 2. The summed E-state index contributed by atoms with van der Waals surface area (Å²) in [5.74, 6) is 2.48. The van der Waals surface area contributed by atoms with Gasteiger partial charge < -0.3 is 20.1 Å². The number of hydrogen-bond donors (Lipinski definition) is 3. The second kappa shape index (κ2) is 10.5. The van der Waals surface area contributed by atoms with E-state index in [1.807, 2.05) is 12.1 Å². The SMILES string of the molecule is Cl.N#Cc1ccnc(Nc2cc(C3CC3)cc(-c3ccc4nc(CO)n(C5CCC(O)CC5)c4c3)n2)c1. The molecule has 190 valence electrons. The molecule has 2 aliphatic rings. The lowest BCUT2D eigenvalue weighted by Gasteiger charge is -2.28. The molecule has 2 aliphatic carbocycles. The third-order valence-electron chi connectivity index (χ3n) is 7.27. The van der Waals surface area contributed by atoms with E-state index in [9.17, 15) is 15.5 Å². The Kier molecular flexibility index (Phi) is 7.11. The van der Waals surface area contributed by atoms with Crippen LogP contribution < -0.4 is 5.32 Å². The summed E-state index contributed by atoms with van der Waals surface area (Å²) in [7, 11) is 0. The van der Waals surface area contributed by atoms with Gasteiger partial charge in [-0.2, -0.15) is 5.26 Å². The van der Waals surface area contributed by atoms with Crippen LogP contribution in [0.25, 0.3) is 22.3 Å². The van der Waals surface area contributed by atoms with Crippen LogP contribution >= 0.6 is 12.4 Å². The maximum absolute atomic E-state index is 10.0. The van der Waals surface area contributed by atoms with Crippen molar-refractivity contribution in [1.29, 1.82) is 5.26 Å². The quantitative estimate of drug-likeness (QED) is 0.315. The number of halogens is 1. The molecule has 0 saturated heterocycles. The Morgan fingerprint density at radius 2 is 1.78 bits per heavy atom. The molecular weight excluding hydrogens is 488 g/mol. The van der Waals surface area contributed by atoms with Crippen molar-refractivity contribution in [3.05, 3.63) is 65.6 Å². The third-order valence-corrected chi connectivity index (χ3v) is 7.27. The van der Waals surface area contributed by atoms with E-state index in [4.69, 9.17) is 4.98 Å². The molecule has 37 heavy (non-hydrogen) atoms. The molecule has 0 spiro atoms. The first-order valence-corrected chi connectivity index (χ1v) is 12.6. The molecule has 0 bridgehead atoms. The normalized spacial score (nSPS) is 19.3. The van der Waals surface area contributed by atoms with Gasteiger partial charge in [0.05, 0.1) is 34.5 Å². The average Bonchev–Trinajstić information content (AvgIpc) is 3.69. The molecule has 3 heterocycles. The molecule has 3 N–H and O–H groups in total. The Morgan fingerprint density at radius 3 is 2.51 bits per heavy atom. The van der Waals surface area contributed by atoms with Gasteiger partial charge in [0.1, 0.15) is 24.1 Å². The molecule has 0 unspecified atom stereocenters. The Bertz CT molecular complexity index is 1470. The van der Waals surface area contributed by atoms with Crippen LogP contribution in [-0.2, 0) is 6.61 Å². The number of rotatable bonds is 6. The fraction of sp³-hybridized carbons (Fsp3) is 0.357. The van der Waals surface area contributed by atoms with Crippen LogP contribution in [0.2, 0.25) is 0 Å². The van der Waals surface area contributed by atoms with E-state index in [1.54, 1.807) is 18.3 Å². The van der Waals surface area contributed by atoms with Crippen LogP contribution in [0, 0.1) is 11.3 Å². The number of aliphatic hydroxyl groups is 2. The predicted octanol–water partition coefficient (Wildman–Crippen LogP) is 5.38. The molecule has 8 nitrogen and oxygen atoms in total. The molecular formula is C28H29ClN6O2. The van der Waals surface area contributed by atoms with Crippen LogP contribution in [0.1, 0.15) is 67.4 Å². The smallest absolute Gasteiger partial charge is 0.135 e. The summed E-state index contributed by atoms with van der Waals surface area (Å²) in [6.45, 7) is -0.124. The first-order valence-electron chi connectivity index (χ1n) is 12.6. The second-order valence-corrected chi connectivity index (χ2v) is 9.83. The highest BCUT2D eigenvalue weighted by atomic mass is 35.5. The molecule has 1 aromatic carbocycles. The molecule has 0 atom stereocenters. The lowest BCUT2D eigenvalue weighted by molar-refractivity contribution is 0.109. The Morgan fingerprint density at radius 1 is 0.973 bits per heavy atom. The minimum absolute atomic E-state index is 0. The van der Waals surface area contributed by atoms with Crippen LogP contribution in [0.4, 0.5) is 11.6 Å². The topological polar surface area (TPSA) is 120 Å². The summed E-state index contributed by atoms with van der Waals surface area (Å²) in [6, 6.07) is 16.1.